The van der Waals surface area contributed by atoms with Crippen molar-refractivity contribution in [3.63, 3.8) is 0 Å². The summed E-state index contributed by atoms with van der Waals surface area (Å²) in [6.07, 6.45) is 19.9. The molecule has 0 aliphatic rings. The molecule has 0 radical (unpaired) electrons. The van der Waals surface area contributed by atoms with E-state index in [4.69, 9.17) is 9.47 Å². The molecule has 0 amide bonds. The van der Waals surface area contributed by atoms with Crippen molar-refractivity contribution >= 4 is 0 Å². The Balaban J connectivity index is 3.95. The SMILES string of the molecule is CCCCCCCCCCCCC(CC(CCC)OC(C)C)OC(C)C. The fourth-order valence-corrected chi connectivity index (χ4v) is 3.73. The summed E-state index contributed by atoms with van der Waals surface area (Å²) in [7, 11) is 0. The largest absolute Gasteiger partial charge is 0.375 e. The van der Waals surface area contributed by atoms with Gasteiger partial charge < -0.3 is 9.47 Å². The van der Waals surface area contributed by atoms with Crippen LogP contribution in [0.2, 0.25) is 0 Å². The lowest BCUT2D eigenvalue weighted by molar-refractivity contribution is -0.0609. The molecular formula is C24H50O2. The zero-order valence-corrected chi connectivity index (χ0v) is 19.0. The molecule has 0 heterocycles. The molecule has 158 valence electrons. The first-order valence-corrected chi connectivity index (χ1v) is 11.8. The molecule has 2 heteroatoms. The van der Waals surface area contributed by atoms with Gasteiger partial charge in [-0.2, -0.15) is 0 Å². The molecule has 0 aliphatic carbocycles. The molecule has 0 aromatic carbocycles. The summed E-state index contributed by atoms with van der Waals surface area (Å²) in [6, 6.07) is 0. The molecule has 0 spiro atoms. The summed E-state index contributed by atoms with van der Waals surface area (Å²) >= 11 is 0. The molecule has 2 atom stereocenters. The van der Waals surface area contributed by atoms with Crippen LogP contribution in [0.15, 0.2) is 0 Å². The predicted molar refractivity (Wildman–Crippen MR) is 116 cm³/mol. The number of hydrogen-bond acceptors (Lipinski definition) is 2. The van der Waals surface area contributed by atoms with E-state index in [2.05, 4.69) is 41.5 Å². The molecule has 26 heavy (non-hydrogen) atoms. The third-order valence-electron chi connectivity index (χ3n) is 4.95. The minimum atomic E-state index is 0.309. The Morgan fingerprint density at radius 1 is 0.500 bits per heavy atom. The van der Waals surface area contributed by atoms with Crippen LogP contribution in [0.4, 0.5) is 0 Å². The second-order valence-electron chi connectivity index (χ2n) is 8.61. The van der Waals surface area contributed by atoms with Crippen molar-refractivity contribution in [3.8, 4) is 0 Å². The Morgan fingerprint density at radius 3 is 1.35 bits per heavy atom. The molecule has 0 fully saturated rings. The van der Waals surface area contributed by atoms with Crippen molar-refractivity contribution in [2.75, 3.05) is 0 Å². The van der Waals surface area contributed by atoms with Crippen LogP contribution in [0.25, 0.3) is 0 Å². The van der Waals surface area contributed by atoms with Crippen LogP contribution in [0.1, 0.15) is 131 Å². The van der Waals surface area contributed by atoms with Crippen LogP contribution in [-0.4, -0.2) is 24.4 Å². The quantitative estimate of drug-likeness (QED) is 0.214. The third kappa shape index (κ3) is 17.3. The normalized spacial score (nSPS) is 14.3. The van der Waals surface area contributed by atoms with Gasteiger partial charge in [0.05, 0.1) is 24.4 Å². The highest BCUT2D eigenvalue weighted by Gasteiger charge is 2.19. The van der Waals surface area contributed by atoms with Crippen LogP contribution < -0.4 is 0 Å². The Labute approximate surface area is 165 Å². The van der Waals surface area contributed by atoms with Gasteiger partial charge in [0.15, 0.2) is 0 Å². The van der Waals surface area contributed by atoms with Gasteiger partial charge >= 0.3 is 0 Å². The van der Waals surface area contributed by atoms with Crippen molar-refractivity contribution in [3.05, 3.63) is 0 Å². The maximum Gasteiger partial charge on any atom is 0.0603 e. The van der Waals surface area contributed by atoms with Crippen molar-refractivity contribution < 1.29 is 9.47 Å². The maximum absolute atomic E-state index is 6.21. The molecule has 0 N–H and O–H groups in total. The van der Waals surface area contributed by atoms with E-state index < -0.39 is 0 Å². The summed E-state index contributed by atoms with van der Waals surface area (Å²) in [5, 5.41) is 0. The lowest BCUT2D eigenvalue weighted by Gasteiger charge is -2.27. The Hall–Kier alpha value is -0.0800. The second kappa shape index (κ2) is 18.3. The van der Waals surface area contributed by atoms with E-state index in [0.29, 0.717) is 24.4 Å². The van der Waals surface area contributed by atoms with Crippen molar-refractivity contribution in [1.82, 2.24) is 0 Å². The lowest BCUT2D eigenvalue weighted by Crippen LogP contribution is -2.27. The van der Waals surface area contributed by atoms with Crippen molar-refractivity contribution in [2.24, 2.45) is 0 Å². The zero-order valence-electron chi connectivity index (χ0n) is 19.0. The Kier molecular flexibility index (Phi) is 18.2. The molecule has 0 saturated heterocycles. The fraction of sp³-hybridized carbons (Fsp3) is 1.00. The van der Waals surface area contributed by atoms with Crippen molar-refractivity contribution in [1.29, 1.82) is 0 Å². The van der Waals surface area contributed by atoms with E-state index in [1.807, 2.05) is 0 Å². The first kappa shape index (κ1) is 25.9. The molecule has 0 aliphatic heterocycles. The Bertz CT molecular complexity index is 275. The van der Waals surface area contributed by atoms with E-state index in [1.54, 1.807) is 0 Å². The van der Waals surface area contributed by atoms with Crippen LogP contribution in [-0.2, 0) is 9.47 Å². The summed E-state index contributed by atoms with van der Waals surface area (Å²) in [5.74, 6) is 0. The van der Waals surface area contributed by atoms with E-state index in [0.717, 1.165) is 12.8 Å². The van der Waals surface area contributed by atoms with E-state index in [1.165, 1.54) is 77.0 Å². The molecule has 0 aromatic heterocycles. The van der Waals surface area contributed by atoms with E-state index in [-0.39, 0.29) is 0 Å². The molecule has 2 nitrogen and oxygen atoms in total. The third-order valence-corrected chi connectivity index (χ3v) is 4.95. The van der Waals surface area contributed by atoms with Gasteiger partial charge in [-0.3, -0.25) is 0 Å². The van der Waals surface area contributed by atoms with Gasteiger partial charge in [0.25, 0.3) is 0 Å². The van der Waals surface area contributed by atoms with Gasteiger partial charge in [0.1, 0.15) is 0 Å². The number of rotatable bonds is 19. The highest BCUT2D eigenvalue weighted by atomic mass is 16.5. The van der Waals surface area contributed by atoms with Gasteiger partial charge in [0.2, 0.25) is 0 Å². The molecule has 0 bridgehead atoms. The minimum absolute atomic E-state index is 0.309. The predicted octanol–water partition coefficient (Wildman–Crippen LogP) is 8.07. The zero-order chi connectivity index (χ0) is 19.6. The van der Waals surface area contributed by atoms with Crippen LogP contribution in [0.3, 0.4) is 0 Å². The summed E-state index contributed by atoms with van der Waals surface area (Å²) in [4.78, 5) is 0. The highest BCUT2D eigenvalue weighted by molar-refractivity contribution is 4.69. The highest BCUT2D eigenvalue weighted by Crippen LogP contribution is 2.20. The minimum Gasteiger partial charge on any atom is -0.375 e. The lowest BCUT2D eigenvalue weighted by atomic mass is 10.0. The van der Waals surface area contributed by atoms with E-state index in [9.17, 15) is 0 Å². The number of unbranched alkanes of at least 4 members (excludes halogenated alkanes) is 9. The average molecular weight is 371 g/mol. The molecule has 0 aromatic rings. The average Bonchev–Trinajstić information content (AvgIpc) is 2.55. The summed E-state index contributed by atoms with van der Waals surface area (Å²) < 4.78 is 12.3. The summed E-state index contributed by atoms with van der Waals surface area (Å²) in [5.41, 5.74) is 0. The molecule has 0 rings (SSSR count). The monoisotopic (exact) mass is 370 g/mol. The smallest absolute Gasteiger partial charge is 0.0603 e. The molecule has 2 unspecified atom stereocenters. The van der Waals surface area contributed by atoms with E-state index >= 15 is 0 Å². The van der Waals surface area contributed by atoms with Crippen molar-refractivity contribution in [2.45, 2.75) is 156 Å². The van der Waals surface area contributed by atoms with Crippen LogP contribution >= 0.6 is 0 Å². The van der Waals surface area contributed by atoms with Gasteiger partial charge in [-0.05, 0) is 47.0 Å². The number of ether oxygens (including phenoxy) is 2. The first-order chi connectivity index (χ1) is 12.5. The Morgan fingerprint density at radius 2 is 0.923 bits per heavy atom. The summed E-state index contributed by atoms with van der Waals surface area (Å²) in [6.45, 7) is 13.1. The van der Waals surface area contributed by atoms with Gasteiger partial charge in [0, 0.05) is 0 Å². The molecular weight excluding hydrogens is 320 g/mol. The van der Waals surface area contributed by atoms with Gasteiger partial charge in [-0.25, -0.2) is 0 Å². The number of hydrogen-bond donors (Lipinski definition) is 0. The van der Waals surface area contributed by atoms with Crippen LogP contribution in [0, 0.1) is 0 Å². The second-order valence-corrected chi connectivity index (χ2v) is 8.61. The van der Waals surface area contributed by atoms with Gasteiger partial charge in [-0.15, -0.1) is 0 Å². The first-order valence-electron chi connectivity index (χ1n) is 11.8. The standard InChI is InChI=1S/C24H50O2/c1-7-9-10-11-12-13-14-15-16-17-19-24(26-22(5)6)20-23(18-8-2)25-21(3)4/h21-24H,7-20H2,1-6H3. The van der Waals surface area contributed by atoms with Gasteiger partial charge in [-0.1, -0.05) is 84.5 Å². The molecule has 0 saturated carbocycles. The maximum atomic E-state index is 6.21. The fourth-order valence-electron chi connectivity index (χ4n) is 3.73. The topological polar surface area (TPSA) is 18.5 Å². The van der Waals surface area contributed by atoms with Crippen LogP contribution in [0.5, 0.6) is 0 Å².